The third-order valence-electron chi connectivity index (χ3n) is 4.52. The number of carbonyl (C=O) groups excluding carboxylic acids is 3. The number of hydrogen-bond donors (Lipinski definition) is 2. The van der Waals surface area contributed by atoms with Crippen LogP contribution in [-0.2, 0) is 11.3 Å². The number of imide groups is 1. The molecule has 4 rings (SSSR count). The van der Waals surface area contributed by atoms with E-state index in [1.54, 1.807) is 54.6 Å². The minimum Gasteiger partial charge on any atom is -0.451 e. The summed E-state index contributed by atoms with van der Waals surface area (Å²) in [5.41, 5.74) is 10.1. The summed E-state index contributed by atoms with van der Waals surface area (Å²) in [6.07, 6.45) is 0. The Morgan fingerprint density at radius 1 is 1.10 bits per heavy atom. The molecule has 9 heteroatoms. The van der Waals surface area contributed by atoms with Crippen LogP contribution < -0.4 is 11.2 Å². The van der Waals surface area contributed by atoms with Gasteiger partial charge in [0.2, 0.25) is 0 Å². The van der Waals surface area contributed by atoms with Crippen molar-refractivity contribution in [3.63, 3.8) is 0 Å². The van der Waals surface area contributed by atoms with E-state index >= 15 is 0 Å². The van der Waals surface area contributed by atoms with Crippen molar-refractivity contribution in [3.8, 4) is 11.3 Å². The molecule has 1 aromatic heterocycles. The standard InChI is InChI=1S/C21H17ClN4O4/c22-15-5-2-4-14(10-15)17-7-8-18(30-17)20(28)24-26-12-19(27)25(21(26)29)11-13-3-1-6-16(23)9-13/h1-10H,11-12,23H2,(H,24,28). The van der Waals surface area contributed by atoms with Crippen LogP contribution in [0.4, 0.5) is 10.5 Å². The molecule has 8 nitrogen and oxygen atoms in total. The van der Waals surface area contributed by atoms with Crippen molar-refractivity contribution in [2.24, 2.45) is 0 Å². The van der Waals surface area contributed by atoms with Gasteiger partial charge < -0.3 is 10.2 Å². The lowest BCUT2D eigenvalue weighted by Crippen LogP contribution is -2.44. The number of halogens is 1. The van der Waals surface area contributed by atoms with E-state index in [1.807, 2.05) is 0 Å². The van der Waals surface area contributed by atoms with Gasteiger partial charge in [0.1, 0.15) is 12.3 Å². The monoisotopic (exact) mass is 424 g/mol. The first kappa shape index (κ1) is 19.5. The van der Waals surface area contributed by atoms with E-state index in [4.69, 9.17) is 21.8 Å². The predicted molar refractivity (Wildman–Crippen MR) is 110 cm³/mol. The molecule has 1 fully saturated rings. The fraction of sp³-hybridized carbons (Fsp3) is 0.0952. The van der Waals surface area contributed by atoms with Gasteiger partial charge in [-0.15, -0.1) is 0 Å². The van der Waals surface area contributed by atoms with Gasteiger partial charge in [-0.2, -0.15) is 0 Å². The maximum absolute atomic E-state index is 12.6. The highest BCUT2D eigenvalue weighted by Gasteiger charge is 2.37. The normalized spacial score (nSPS) is 13.8. The van der Waals surface area contributed by atoms with Crippen molar-refractivity contribution in [2.45, 2.75) is 6.54 Å². The molecule has 0 radical (unpaired) electrons. The Morgan fingerprint density at radius 2 is 1.90 bits per heavy atom. The van der Waals surface area contributed by atoms with E-state index in [9.17, 15) is 14.4 Å². The second-order valence-corrected chi connectivity index (χ2v) is 7.15. The average Bonchev–Trinajstić information content (AvgIpc) is 3.30. The van der Waals surface area contributed by atoms with Gasteiger partial charge in [0.15, 0.2) is 5.76 Å². The second kappa shape index (κ2) is 7.92. The molecule has 0 saturated carbocycles. The number of urea groups is 1. The molecule has 0 aliphatic carbocycles. The number of hydrogen-bond acceptors (Lipinski definition) is 5. The van der Waals surface area contributed by atoms with Gasteiger partial charge in [-0.3, -0.25) is 19.9 Å². The highest BCUT2D eigenvalue weighted by Crippen LogP contribution is 2.25. The largest absolute Gasteiger partial charge is 0.451 e. The van der Waals surface area contributed by atoms with Crippen molar-refractivity contribution < 1.29 is 18.8 Å². The highest BCUT2D eigenvalue weighted by molar-refractivity contribution is 6.30. The van der Waals surface area contributed by atoms with E-state index in [1.165, 1.54) is 6.07 Å². The molecule has 3 aromatic rings. The Morgan fingerprint density at radius 3 is 2.67 bits per heavy atom. The second-order valence-electron chi connectivity index (χ2n) is 6.71. The maximum atomic E-state index is 12.6. The lowest BCUT2D eigenvalue weighted by molar-refractivity contribution is -0.125. The molecule has 0 spiro atoms. The molecule has 152 valence electrons. The molecule has 30 heavy (non-hydrogen) atoms. The predicted octanol–water partition coefficient (Wildman–Crippen LogP) is 3.29. The Hall–Kier alpha value is -3.78. The first-order chi connectivity index (χ1) is 14.4. The van der Waals surface area contributed by atoms with E-state index in [-0.39, 0.29) is 18.8 Å². The summed E-state index contributed by atoms with van der Waals surface area (Å²) in [6.45, 7) is -0.205. The van der Waals surface area contributed by atoms with Crippen LogP contribution in [0.1, 0.15) is 16.1 Å². The number of furan rings is 1. The molecular formula is C21H17ClN4O4. The van der Waals surface area contributed by atoms with Crippen molar-refractivity contribution in [1.29, 1.82) is 0 Å². The zero-order valence-corrected chi connectivity index (χ0v) is 16.4. The van der Waals surface area contributed by atoms with Crippen LogP contribution in [0.15, 0.2) is 65.1 Å². The fourth-order valence-electron chi connectivity index (χ4n) is 3.09. The third-order valence-corrected chi connectivity index (χ3v) is 4.76. The summed E-state index contributed by atoms with van der Waals surface area (Å²) < 4.78 is 5.57. The lowest BCUT2D eigenvalue weighted by atomic mass is 10.2. The first-order valence-corrected chi connectivity index (χ1v) is 9.41. The van der Waals surface area contributed by atoms with Crippen LogP contribution >= 0.6 is 11.6 Å². The van der Waals surface area contributed by atoms with Crippen LogP contribution in [0.3, 0.4) is 0 Å². The number of nitrogens with one attached hydrogen (secondary N) is 1. The highest BCUT2D eigenvalue weighted by atomic mass is 35.5. The number of hydrazine groups is 1. The molecule has 1 aliphatic heterocycles. The maximum Gasteiger partial charge on any atom is 0.346 e. The Kier molecular flexibility index (Phi) is 5.16. The number of rotatable bonds is 5. The summed E-state index contributed by atoms with van der Waals surface area (Å²) >= 11 is 5.98. The Balaban J connectivity index is 1.44. The van der Waals surface area contributed by atoms with Crippen molar-refractivity contribution >= 4 is 35.1 Å². The zero-order valence-electron chi connectivity index (χ0n) is 15.7. The number of amides is 4. The van der Waals surface area contributed by atoms with Crippen LogP contribution in [0.5, 0.6) is 0 Å². The smallest absolute Gasteiger partial charge is 0.346 e. The Bertz CT molecular complexity index is 1140. The third kappa shape index (κ3) is 3.99. The molecule has 4 amide bonds. The minimum atomic E-state index is -0.643. The van der Waals surface area contributed by atoms with Gasteiger partial charge >= 0.3 is 11.9 Å². The summed E-state index contributed by atoms with van der Waals surface area (Å²) in [5, 5.41) is 1.50. The van der Waals surface area contributed by atoms with E-state index in [2.05, 4.69) is 5.43 Å². The number of carbonyl (C=O) groups is 3. The summed E-state index contributed by atoms with van der Waals surface area (Å²) in [6, 6.07) is 16.4. The lowest BCUT2D eigenvalue weighted by Gasteiger charge is -2.17. The van der Waals surface area contributed by atoms with Crippen molar-refractivity contribution in [2.75, 3.05) is 12.3 Å². The molecule has 1 saturated heterocycles. The van der Waals surface area contributed by atoms with Gasteiger partial charge in [0, 0.05) is 16.3 Å². The molecule has 2 aromatic carbocycles. The van der Waals surface area contributed by atoms with Crippen molar-refractivity contribution in [3.05, 3.63) is 77.0 Å². The van der Waals surface area contributed by atoms with Gasteiger partial charge in [0.25, 0.3) is 5.91 Å². The number of benzene rings is 2. The molecule has 0 bridgehead atoms. The summed E-state index contributed by atoms with van der Waals surface area (Å²) in [5.74, 6) is -0.619. The zero-order chi connectivity index (χ0) is 21.3. The fourth-order valence-corrected chi connectivity index (χ4v) is 3.28. The van der Waals surface area contributed by atoms with Gasteiger partial charge in [-0.1, -0.05) is 35.9 Å². The van der Waals surface area contributed by atoms with E-state index < -0.39 is 17.8 Å². The van der Waals surface area contributed by atoms with Crippen LogP contribution in [0, 0.1) is 0 Å². The molecule has 0 unspecified atom stereocenters. The quantitative estimate of drug-likeness (QED) is 0.482. The van der Waals surface area contributed by atoms with Gasteiger partial charge in [-0.05, 0) is 42.0 Å². The number of anilines is 1. The van der Waals surface area contributed by atoms with E-state index in [0.29, 0.717) is 27.6 Å². The van der Waals surface area contributed by atoms with Crippen molar-refractivity contribution in [1.82, 2.24) is 15.3 Å². The Labute approximate surface area is 176 Å². The molecule has 0 atom stereocenters. The van der Waals surface area contributed by atoms with Gasteiger partial charge in [0.05, 0.1) is 6.54 Å². The first-order valence-electron chi connectivity index (χ1n) is 9.04. The molecular weight excluding hydrogens is 408 g/mol. The minimum absolute atomic E-state index is 0.000456. The van der Waals surface area contributed by atoms with Crippen LogP contribution in [0.2, 0.25) is 5.02 Å². The summed E-state index contributed by atoms with van der Waals surface area (Å²) in [4.78, 5) is 38.4. The number of nitrogens with zero attached hydrogens (tertiary/aromatic N) is 2. The molecule has 2 heterocycles. The summed E-state index contributed by atoms with van der Waals surface area (Å²) in [7, 11) is 0. The SMILES string of the molecule is Nc1cccc(CN2C(=O)CN(NC(=O)c3ccc(-c4cccc(Cl)c4)o3)C2=O)c1. The van der Waals surface area contributed by atoms with Gasteiger partial charge in [-0.25, -0.2) is 9.80 Å². The number of nitrogens with two attached hydrogens (primary N) is 1. The number of nitrogen functional groups attached to an aromatic ring is 1. The van der Waals surface area contributed by atoms with E-state index in [0.717, 1.165) is 9.91 Å². The topological polar surface area (TPSA) is 109 Å². The molecule has 1 aliphatic rings. The molecule has 3 N–H and O–H groups in total. The van der Waals surface area contributed by atoms with Crippen LogP contribution in [-0.4, -0.2) is 34.3 Å². The van der Waals surface area contributed by atoms with Crippen LogP contribution in [0.25, 0.3) is 11.3 Å². The average molecular weight is 425 g/mol.